The molecule has 3 rings (SSSR count). The molecule has 1 N–H and O–H groups in total. The molecule has 0 unspecified atom stereocenters. The van der Waals surface area contributed by atoms with E-state index in [1.54, 1.807) is 6.20 Å². The van der Waals surface area contributed by atoms with Crippen molar-refractivity contribution in [3.05, 3.63) is 78.6 Å². The van der Waals surface area contributed by atoms with Crippen molar-refractivity contribution in [2.24, 2.45) is 0 Å². The average Bonchev–Trinajstić information content (AvgIpc) is 3.01. The first-order valence-corrected chi connectivity index (χ1v) is 6.30. The average molecular weight is 249 g/mol. The zero-order valence-electron chi connectivity index (χ0n) is 10.5. The minimum Gasteiger partial charge on any atom is -0.381 e. The molecule has 0 amide bonds. The molecular formula is C16H15N3. The van der Waals surface area contributed by atoms with Gasteiger partial charge in [-0.2, -0.15) is 5.10 Å². The van der Waals surface area contributed by atoms with Crippen LogP contribution in [0, 0.1) is 0 Å². The normalized spacial score (nSPS) is 10.3. The van der Waals surface area contributed by atoms with Gasteiger partial charge in [-0.15, -0.1) is 0 Å². The summed E-state index contributed by atoms with van der Waals surface area (Å²) in [6.45, 7) is 0.823. The Labute approximate surface area is 112 Å². The number of hydrogen-bond donors (Lipinski definition) is 1. The summed E-state index contributed by atoms with van der Waals surface area (Å²) < 4.78 is 1.86. The summed E-state index contributed by atoms with van der Waals surface area (Å²) >= 11 is 0. The van der Waals surface area contributed by atoms with Gasteiger partial charge in [0.05, 0.1) is 5.69 Å². The molecule has 0 radical (unpaired) electrons. The highest BCUT2D eigenvalue weighted by atomic mass is 15.3. The number of nitrogens with one attached hydrogen (secondary N) is 1. The Balaban J connectivity index is 1.67. The maximum Gasteiger partial charge on any atom is 0.0645 e. The third-order valence-electron chi connectivity index (χ3n) is 2.98. The smallest absolute Gasteiger partial charge is 0.0645 e. The van der Waals surface area contributed by atoms with Gasteiger partial charge in [0.25, 0.3) is 0 Å². The number of nitrogens with zero attached hydrogens (tertiary/aromatic N) is 2. The summed E-state index contributed by atoms with van der Waals surface area (Å²) in [6, 6.07) is 20.5. The van der Waals surface area contributed by atoms with Crippen molar-refractivity contribution < 1.29 is 0 Å². The molecule has 0 saturated heterocycles. The Hall–Kier alpha value is -2.55. The minimum atomic E-state index is 0.823. The second kappa shape index (κ2) is 5.40. The minimum absolute atomic E-state index is 0.823. The van der Waals surface area contributed by atoms with E-state index in [9.17, 15) is 0 Å². The van der Waals surface area contributed by atoms with Gasteiger partial charge in [-0.05, 0) is 35.9 Å². The highest BCUT2D eigenvalue weighted by molar-refractivity contribution is 5.43. The molecule has 3 aromatic rings. The first-order valence-electron chi connectivity index (χ1n) is 6.30. The van der Waals surface area contributed by atoms with Crippen LogP contribution in [-0.2, 0) is 6.54 Å². The van der Waals surface area contributed by atoms with E-state index in [-0.39, 0.29) is 0 Å². The zero-order valence-corrected chi connectivity index (χ0v) is 10.5. The van der Waals surface area contributed by atoms with Crippen LogP contribution >= 0.6 is 0 Å². The van der Waals surface area contributed by atoms with Crippen molar-refractivity contribution in [2.45, 2.75) is 6.54 Å². The van der Waals surface area contributed by atoms with Gasteiger partial charge in [0.1, 0.15) is 0 Å². The fourth-order valence-electron chi connectivity index (χ4n) is 1.95. The van der Waals surface area contributed by atoms with Crippen LogP contribution in [0.4, 0.5) is 5.69 Å². The third-order valence-corrected chi connectivity index (χ3v) is 2.98. The Morgan fingerprint density at radius 3 is 2.37 bits per heavy atom. The lowest BCUT2D eigenvalue weighted by Crippen LogP contribution is -2.00. The number of hydrogen-bond acceptors (Lipinski definition) is 2. The number of anilines is 1. The number of para-hydroxylation sites is 1. The van der Waals surface area contributed by atoms with Gasteiger partial charge in [0.15, 0.2) is 0 Å². The molecule has 2 aromatic carbocycles. The van der Waals surface area contributed by atoms with Gasteiger partial charge in [0.2, 0.25) is 0 Å². The van der Waals surface area contributed by atoms with Crippen molar-refractivity contribution in [1.29, 1.82) is 0 Å². The van der Waals surface area contributed by atoms with Crippen LogP contribution in [0.15, 0.2) is 73.1 Å². The van der Waals surface area contributed by atoms with Gasteiger partial charge in [-0.25, -0.2) is 4.68 Å². The maximum atomic E-state index is 4.21. The summed E-state index contributed by atoms with van der Waals surface area (Å²) in [6.07, 6.45) is 3.72. The topological polar surface area (TPSA) is 29.9 Å². The monoisotopic (exact) mass is 249 g/mol. The fraction of sp³-hybridized carbons (Fsp3) is 0.0625. The van der Waals surface area contributed by atoms with Crippen LogP contribution in [0.2, 0.25) is 0 Å². The van der Waals surface area contributed by atoms with Gasteiger partial charge < -0.3 is 5.32 Å². The zero-order chi connectivity index (χ0) is 12.9. The molecule has 3 heteroatoms. The molecule has 1 heterocycles. The molecule has 3 nitrogen and oxygen atoms in total. The molecular weight excluding hydrogens is 234 g/mol. The Kier molecular flexibility index (Phi) is 3.28. The first kappa shape index (κ1) is 11.5. The molecule has 19 heavy (non-hydrogen) atoms. The van der Waals surface area contributed by atoms with E-state index in [0.717, 1.165) is 17.9 Å². The van der Waals surface area contributed by atoms with E-state index in [0.29, 0.717) is 0 Å². The summed E-state index contributed by atoms with van der Waals surface area (Å²) in [7, 11) is 0. The summed E-state index contributed by atoms with van der Waals surface area (Å²) in [4.78, 5) is 0. The predicted octanol–water partition coefficient (Wildman–Crippen LogP) is 3.48. The van der Waals surface area contributed by atoms with Crippen LogP contribution < -0.4 is 5.32 Å². The fourth-order valence-corrected chi connectivity index (χ4v) is 1.95. The lowest BCUT2D eigenvalue weighted by molar-refractivity contribution is 0.879. The van der Waals surface area contributed by atoms with Gasteiger partial charge >= 0.3 is 0 Å². The lowest BCUT2D eigenvalue weighted by Gasteiger charge is -2.07. The summed E-state index contributed by atoms with van der Waals surface area (Å²) in [5, 5.41) is 7.60. The van der Waals surface area contributed by atoms with Crippen molar-refractivity contribution in [3.63, 3.8) is 0 Å². The van der Waals surface area contributed by atoms with Crippen LogP contribution in [0.3, 0.4) is 0 Å². The van der Waals surface area contributed by atoms with E-state index in [2.05, 4.69) is 46.8 Å². The molecule has 0 aliphatic rings. The molecule has 0 spiro atoms. The maximum absolute atomic E-state index is 4.21. The number of aromatic nitrogens is 2. The largest absolute Gasteiger partial charge is 0.381 e. The van der Waals surface area contributed by atoms with Gasteiger partial charge in [-0.3, -0.25) is 0 Å². The van der Waals surface area contributed by atoms with E-state index in [4.69, 9.17) is 0 Å². The highest BCUT2D eigenvalue weighted by Crippen LogP contribution is 2.11. The second-order valence-electron chi connectivity index (χ2n) is 4.34. The molecule has 0 aliphatic carbocycles. The van der Waals surface area contributed by atoms with E-state index in [1.807, 2.05) is 35.1 Å². The van der Waals surface area contributed by atoms with Crippen molar-refractivity contribution in [1.82, 2.24) is 9.78 Å². The first-order chi connectivity index (χ1) is 9.42. The molecule has 1 aromatic heterocycles. The van der Waals surface area contributed by atoms with E-state index in [1.165, 1.54) is 5.56 Å². The molecule has 0 aliphatic heterocycles. The van der Waals surface area contributed by atoms with Crippen LogP contribution in [0.5, 0.6) is 0 Å². The third kappa shape index (κ3) is 2.83. The quantitative estimate of drug-likeness (QED) is 0.767. The number of benzene rings is 2. The second-order valence-corrected chi connectivity index (χ2v) is 4.34. The van der Waals surface area contributed by atoms with Crippen LogP contribution in [-0.4, -0.2) is 9.78 Å². The molecule has 0 bridgehead atoms. The van der Waals surface area contributed by atoms with Crippen molar-refractivity contribution in [2.75, 3.05) is 5.32 Å². The lowest BCUT2D eigenvalue weighted by atomic mass is 10.2. The molecule has 0 saturated carbocycles. The molecule has 0 fully saturated rings. The Bertz CT molecular complexity index is 613. The van der Waals surface area contributed by atoms with Crippen LogP contribution in [0.25, 0.3) is 5.69 Å². The standard InChI is InChI=1S/C16H15N3/c1-2-5-15(6-3-1)17-13-14-7-9-16(10-8-14)19-12-4-11-18-19/h1-12,17H,13H2. The van der Waals surface area contributed by atoms with E-state index >= 15 is 0 Å². The van der Waals surface area contributed by atoms with Crippen LogP contribution in [0.1, 0.15) is 5.56 Å². The Morgan fingerprint density at radius 1 is 0.895 bits per heavy atom. The van der Waals surface area contributed by atoms with Gasteiger partial charge in [0, 0.05) is 24.6 Å². The van der Waals surface area contributed by atoms with Crippen molar-refractivity contribution >= 4 is 5.69 Å². The molecule has 0 atom stereocenters. The summed E-state index contributed by atoms with van der Waals surface area (Å²) in [5.41, 5.74) is 3.46. The van der Waals surface area contributed by atoms with Gasteiger partial charge in [-0.1, -0.05) is 30.3 Å². The summed E-state index contributed by atoms with van der Waals surface area (Å²) in [5.74, 6) is 0. The van der Waals surface area contributed by atoms with Crippen molar-refractivity contribution in [3.8, 4) is 5.69 Å². The SMILES string of the molecule is c1ccc(NCc2ccc(-n3cccn3)cc2)cc1. The predicted molar refractivity (Wildman–Crippen MR) is 77.3 cm³/mol. The Morgan fingerprint density at radius 2 is 1.68 bits per heavy atom. The van der Waals surface area contributed by atoms with E-state index < -0.39 is 0 Å². The molecule has 94 valence electrons. The number of rotatable bonds is 4. The highest BCUT2D eigenvalue weighted by Gasteiger charge is 1.97.